The molecule has 148 valence electrons. The smallest absolute Gasteiger partial charge is 0.296 e. The van der Waals surface area contributed by atoms with Gasteiger partial charge in [0.1, 0.15) is 5.52 Å². The molecule has 0 aliphatic carbocycles. The Morgan fingerprint density at radius 2 is 1.90 bits per heavy atom. The van der Waals surface area contributed by atoms with E-state index in [1.807, 2.05) is 67.1 Å². The summed E-state index contributed by atoms with van der Waals surface area (Å²) in [7, 11) is 3.53. The zero-order valence-corrected chi connectivity index (χ0v) is 16.7. The molecule has 0 atom stereocenters. The van der Waals surface area contributed by atoms with E-state index >= 15 is 0 Å². The predicted octanol–water partition coefficient (Wildman–Crippen LogP) is 2.10. The van der Waals surface area contributed by atoms with Crippen molar-refractivity contribution in [1.29, 1.82) is 0 Å². The summed E-state index contributed by atoms with van der Waals surface area (Å²) in [6.45, 7) is 2.13. The highest BCUT2D eigenvalue weighted by atomic mass is 16.2. The summed E-state index contributed by atoms with van der Waals surface area (Å²) >= 11 is 0. The molecule has 0 radical (unpaired) electrons. The van der Waals surface area contributed by atoms with Crippen LogP contribution in [0.25, 0.3) is 27.5 Å². The zero-order chi connectivity index (χ0) is 20.7. The minimum atomic E-state index is -0.217. The number of amides is 1. The number of hydrogen-bond donors (Lipinski definition) is 1. The molecule has 2 N–H and O–H groups in total. The number of nitrogens with zero attached hydrogens (tertiary/aromatic N) is 4. The molecular weight excluding hydrogens is 366 g/mol. The number of hydrogen-bond acceptors (Lipinski definition) is 4. The van der Waals surface area contributed by atoms with Crippen LogP contribution in [0.15, 0.2) is 53.3 Å². The summed E-state index contributed by atoms with van der Waals surface area (Å²) in [4.78, 5) is 27.5. The summed E-state index contributed by atoms with van der Waals surface area (Å²) < 4.78 is 3.26. The van der Waals surface area contributed by atoms with Gasteiger partial charge in [0.2, 0.25) is 5.91 Å². The number of likely N-dealkylation sites (N-methyl/N-ethyl adjacent to an activating group) is 1. The molecule has 4 aromatic rings. The first-order valence-electron chi connectivity index (χ1n) is 9.42. The standard InChI is InChI=1S/C22H23N5O2/c1-14-9-10-16-18(11-14)26(3)21-20(16)17(12-19(28)25(2)13-23)24-27(22(21)29)15-7-5-4-6-8-15/h4-11H,12-13,23H2,1-3H3. The first kappa shape index (κ1) is 18.9. The Hall–Kier alpha value is -3.45. The molecule has 0 bridgehead atoms. The second-order valence-electron chi connectivity index (χ2n) is 7.25. The van der Waals surface area contributed by atoms with Crippen molar-refractivity contribution in [2.45, 2.75) is 13.3 Å². The summed E-state index contributed by atoms with van der Waals surface area (Å²) in [5.74, 6) is -0.149. The van der Waals surface area contributed by atoms with E-state index in [-0.39, 0.29) is 24.6 Å². The molecule has 1 amide bonds. The van der Waals surface area contributed by atoms with E-state index in [4.69, 9.17) is 5.73 Å². The molecular formula is C22H23N5O2. The molecule has 7 nitrogen and oxygen atoms in total. The van der Waals surface area contributed by atoms with Crippen molar-refractivity contribution >= 4 is 27.7 Å². The number of fused-ring (bicyclic) bond motifs is 3. The Morgan fingerprint density at radius 3 is 2.59 bits per heavy atom. The van der Waals surface area contributed by atoms with E-state index in [0.717, 1.165) is 21.9 Å². The molecule has 4 rings (SSSR count). The highest BCUT2D eigenvalue weighted by Crippen LogP contribution is 2.29. The van der Waals surface area contributed by atoms with Crippen molar-refractivity contribution in [3.8, 4) is 5.69 Å². The van der Waals surface area contributed by atoms with E-state index in [0.29, 0.717) is 16.9 Å². The van der Waals surface area contributed by atoms with E-state index in [9.17, 15) is 9.59 Å². The fraction of sp³-hybridized carbons (Fsp3) is 0.227. The lowest BCUT2D eigenvalue weighted by Crippen LogP contribution is -2.34. The first-order chi connectivity index (χ1) is 13.9. The van der Waals surface area contributed by atoms with Gasteiger partial charge in [-0.3, -0.25) is 9.59 Å². The van der Waals surface area contributed by atoms with Crippen LogP contribution in [0.2, 0.25) is 0 Å². The molecule has 0 aliphatic rings. The second-order valence-corrected chi connectivity index (χ2v) is 7.25. The lowest BCUT2D eigenvalue weighted by molar-refractivity contribution is -0.129. The molecule has 0 unspecified atom stereocenters. The number of carbonyl (C=O) groups excluding carboxylic acids is 1. The summed E-state index contributed by atoms with van der Waals surface area (Å²) in [6, 6.07) is 15.3. The molecule has 2 aromatic carbocycles. The van der Waals surface area contributed by atoms with Gasteiger partial charge in [-0.15, -0.1) is 0 Å². The molecule has 0 saturated carbocycles. The average molecular weight is 389 g/mol. The van der Waals surface area contributed by atoms with Crippen molar-refractivity contribution in [3.63, 3.8) is 0 Å². The van der Waals surface area contributed by atoms with Gasteiger partial charge in [-0.2, -0.15) is 9.78 Å². The lowest BCUT2D eigenvalue weighted by atomic mass is 10.1. The minimum absolute atomic E-state index is 0.0598. The lowest BCUT2D eigenvalue weighted by Gasteiger charge is -2.15. The largest absolute Gasteiger partial charge is 0.339 e. The quantitative estimate of drug-likeness (QED) is 0.542. The molecule has 29 heavy (non-hydrogen) atoms. The predicted molar refractivity (Wildman–Crippen MR) is 114 cm³/mol. The van der Waals surface area contributed by atoms with Crippen LogP contribution >= 0.6 is 0 Å². The van der Waals surface area contributed by atoms with Gasteiger partial charge in [0.25, 0.3) is 5.56 Å². The van der Waals surface area contributed by atoms with Crippen molar-refractivity contribution in [3.05, 3.63) is 70.1 Å². The molecule has 0 saturated heterocycles. The van der Waals surface area contributed by atoms with Crippen LogP contribution in [0.3, 0.4) is 0 Å². The molecule has 0 fully saturated rings. The molecule has 0 aliphatic heterocycles. The number of rotatable bonds is 4. The maximum atomic E-state index is 13.4. The van der Waals surface area contributed by atoms with Crippen LogP contribution < -0.4 is 11.3 Å². The van der Waals surface area contributed by atoms with Crippen LogP contribution in [0, 0.1) is 6.92 Å². The van der Waals surface area contributed by atoms with Gasteiger partial charge in [-0.25, -0.2) is 0 Å². The van der Waals surface area contributed by atoms with Crippen LogP contribution in [-0.4, -0.2) is 38.9 Å². The number of aromatic nitrogens is 3. The number of carbonyl (C=O) groups is 1. The van der Waals surface area contributed by atoms with Gasteiger partial charge < -0.3 is 15.2 Å². The van der Waals surface area contributed by atoms with Crippen molar-refractivity contribution in [2.24, 2.45) is 12.8 Å². The van der Waals surface area contributed by atoms with Crippen molar-refractivity contribution in [1.82, 2.24) is 19.2 Å². The molecule has 7 heteroatoms. The van der Waals surface area contributed by atoms with Crippen LogP contribution in [0.4, 0.5) is 0 Å². The van der Waals surface area contributed by atoms with Crippen LogP contribution in [0.5, 0.6) is 0 Å². The van der Waals surface area contributed by atoms with E-state index in [2.05, 4.69) is 5.10 Å². The maximum Gasteiger partial charge on any atom is 0.296 e. The van der Waals surface area contributed by atoms with Gasteiger partial charge in [0.05, 0.1) is 24.5 Å². The van der Waals surface area contributed by atoms with Gasteiger partial charge in [-0.05, 0) is 30.7 Å². The molecule has 0 spiro atoms. The topological polar surface area (TPSA) is 86.2 Å². The first-order valence-corrected chi connectivity index (χ1v) is 9.42. The second kappa shape index (κ2) is 7.18. The Kier molecular flexibility index (Phi) is 4.68. The highest BCUT2D eigenvalue weighted by molar-refractivity contribution is 6.09. The Balaban J connectivity index is 2.09. The number of aryl methyl sites for hydroxylation is 2. The third-order valence-electron chi connectivity index (χ3n) is 5.28. The molecule has 2 heterocycles. The number of para-hydroxylation sites is 1. The maximum absolute atomic E-state index is 13.4. The van der Waals surface area contributed by atoms with E-state index in [1.165, 1.54) is 9.58 Å². The number of nitrogens with two attached hydrogens (primary N) is 1. The van der Waals surface area contributed by atoms with Gasteiger partial charge >= 0.3 is 0 Å². The van der Waals surface area contributed by atoms with E-state index in [1.54, 1.807) is 7.05 Å². The van der Waals surface area contributed by atoms with Crippen molar-refractivity contribution in [2.75, 3.05) is 13.7 Å². The Labute approximate surface area is 168 Å². The Morgan fingerprint density at radius 1 is 1.17 bits per heavy atom. The summed E-state index contributed by atoms with van der Waals surface area (Å²) in [6.07, 6.45) is 0.0598. The van der Waals surface area contributed by atoms with Gasteiger partial charge in [0.15, 0.2) is 0 Å². The third kappa shape index (κ3) is 3.09. The van der Waals surface area contributed by atoms with Gasteiger partial charge in [0, 0.05) is 30.4 Å². The van der Waals surface area contributed by atoms with Gasteiger partial charge in [-0.1, -0.05) is 30.3 Å². The van der Waals surface area contributed by atoms with Crippen molar-refractivity contribution < 1.29 is 4.79 Å². The third-order valence-corrected chi connectivity index (χ3v) is 5.28. The normalized spacial score (nSPS) is 11.3. The fourth-order valence-corrected chi connectivity index (χ4v) is 3.65. The summed E-state index contributed by atoms with van der Waals surface area (Å²) in [5.41, 5.74) is 9.18. The monoisotopic (exact) mass is 389 g/mol. The van der Waals surface area contributed by atoms with E-state index < -0.39 is 0 Å². The summed E-state index contributed by atoms with van der Waals surface area (Å²) in [5, 5.41) is 6.25. The SMILES string of the molecule is Cc1ccc2c3c(CC(=O)N(C)CN)nn(-c4ccccc4)c(=O)c3n(C)c2c1. The van der Waals surface area contributed by atoms with Crippen LogP contribution in [-0.2, 0) is 18.3 Å². The highest BCUT2D eigenvalue weighted by Gasteiger charge is 2.22. The minimum Gasteiger partial charge on any atom is -0.339 e. The number of benzene rings is 2. The zero-order valence-electron chi connectivity index (χ0n) is 16.7. The molecule has 2 aromatic heterocycles. The fourth-order valence-electron chi connectivity index (χ4n) is 3.65. The Bertz CT molecular complexity index is 1290. The average Bonchev–Trinajstić information content (AvgIpc) is 3.02. The van der Waals surface area contributed by atoms with Crippen LogP contribution in [0.1, 0.15) is 11.3 Å².